The van der Waals surface area contributed by atoms with Crippen LogP contribution < -0.4 is 0 Å². The van der Waals surface area contributed by atoms with Crippen molar-refractivity contribution in [2.24, 2.45) is 5.41 Å². The summed E-state index contributed by atoms with van der Waals surface area (Å²) in [5.41, 5.74) is 0.249. The number of carbonyl (C=O) groups excluding carboxylic acids is 2. The minimum atomic E-state index is -0.770. The lowest BCUT2D eigenvalue weighted by molar-refractivity contribution is -0.143. The number of carboxylic acid groups (broad SMARTS) is 1. The van der Waals surface area contributed by atoms with Crippen molar-refractivity contribution in [2.75, 3.05) is 6.54 Å². The molecule has 1 fully saturated rings. The van der Waals surface area contributed by atoms with E-state index in [0.29, 0.717) is 30.4 Å². The molecule has 1 saturated carbocycles. The van der Waals surface area contributed by atoms with Crippen LogP contribution >= 0.6 is 0 Å². The predicted molar refractivity (Wildman–Crippen MR) is 74.9 cm³/mol. The zero-order valence-electron chi connectivity index (χ0n) is 11.4. The number of nitrogens with zero attached hydrogens (tertiary/aromatic N) is 1. The van der Waals surface area contributed by atoms with Crippen molar-refractivity contribution in [2.45, 2.75) is 19.3 Å². The number of allylic oxidation sites excluding steroid dienone is 1. The minimum absolute atomic E-state index is 0.183. The van der Waals surface area contributed by atoms with Crippen molar-refractivity contribution >= 4 is 17.8 Å². The number of imide groups is 1. The third-order valence-electron chi connectivity index (χ3n) is 4.15. The molecule has 21 heavy (non-hydrogen) atoms. The molecule has 0 radical (unpaired) electrons. The second-order valence-corrected chi connectivity index (χ2v) is 5.53. The number of carbonyl (C=O) groups is 3. The highest BCUT2D eigenvalue weighted by molar-refractivity contribution is 6.21. The Morgan fingerprint density at radius 3 is 2.19 bits per heavy atom. The molecular formula is C16H15NO4. The minimum Gasteiger partial charge on any atom is -0.481 e. The molecule has 1 aliphatic carbocycles. The summed E-state index contributed by atoms with van der Waals surface area (Å²) in [5.74, 6) is -1.35. The van der Waals surface area contributed by atoms with E-state index < -0.39 is 11.4 Å². The topological polar surface area (TPSA) is 74.7 Å². The molecule has 1 heterocycles. The van der Waals surface area contributed by atoms with Crippen LogP contribution in [0.15, 0.2) is 36.4 Å². The Balaban J connectivity index is 1.64. The first-order valence-electron chi connectivity index (χ1n) is 6.89. The smallest absolute Gasteiger partial charge is 0.309 e. The van der Waals surface area contributed by atoms with Gasteiger partial charge in [0.25, 0.3) is 11.8 Å². The SMILES string of the molecule is O=C1c2ccccc2C(=O)N1CC=CCC1(C(=O)O)CC1. The van der Waals surface area contributed by atoms with Crippen LogP contribution in [0.2, 0.25) is 0 Å². The number of benzene rings is 1. The van der Waals surface area contributed by atoms with Gasteiger partial charge >= 0.3 is 5.97 Å². The van der Waals surface area contributed by atoms with Crippen molar-refractivity contribution in [3.8, 4) is 0 Å². The van der Waals surface area contributed by atoms with E-state index in [1.54, 1.807) is 36.4 Å². The van der Waals surface area contributed by atoms with Gasteiger partial charge in [0.2, 0.25) is 0 Å². The highest BCUT2D eigenvalue weighted by Gasteiger charge is 2.48. The van der Waals surface area contributed by atoms with Gasteiger partial charge in [0.15, 0.2) is 0 Å². The third-order valence-corrected chi connectivity index (χ3v) is 4.15. The largest absolute Gasteiger partial charge is 0.481 e. The van der Waals surface area contributed by atoms with Crippen molar-refractivity contribution in [1.82, 2.24) is 4.90 Å². The fourth-order valence-corrected chi connectivity index (χ4v) is 2.55. The van der Waals surface area contributed by atoms with E-state index in [2.05, 4.69) is 0 Å². The Labute approximate surface area is 121 Å². The summed E-state index contributed by atoms with van der Waals surface area (Å²) in [7, 11) is 0. The van der Waals surface area contributed by atoms with Crippen LogP contribution in [0, 0.1) is 5.41 Å². The molecule has 0 aromatic heterocycles. The summed E-state index contributed by atoms with van der Waals surface area (Å²) >= 11 is 0. The van der Waals surface area contributed by atoms with Gasteiger partial charge in [0.1, 0.15) is 0 Å². The first-order valence-corrected chi connectivity index (χ1v) is 6.89. The van der Waals surface area contributed by atoms with Gasteiger partial charge in [-0.1, -0.05) is 24.3 Å². The monoisotopic (exact) mass is 285 g/mol. The molecule has 5 nitrogen and oxygen atoms in total. The molecule has 5 heteroatoms. The molecule has 0 unspecified atom stereocenters. The second kappa shape index (κ2) is 4.84. The molecular weight excluding hydrogens is 270 g/mol. The highest BCUT2D eigenvalue weighted by atomic mass is 16.4. The summed E-state index contributed by atoms with van der Waals surface area (Å²) in [6.45, 7) is 0.183. The van der Waals surface area contributed by atoms with Gasteiger partial charge in [-0.2, -0.15) is 0 Å². The highest BCUT2D eigenvalue weighted by Crippen LogP contribution is 2.49. The van der Waals surface area contributed by atoms with Crippen molar-refractivity contribution in [3.63, 3.8) is 0 Å². The lowest BCUT2D eigenvalue weighted by Crippen LogP contribution is -2.29. The lowest BCUT2D eigenvalue weighted by atomic mass is 10.0. The van der Waals surface area contributed by atoms with Gasteiger partial charge in [-0.25, -0.2) is 0 Å². The number of amides is 2. The number of hydrogen-bond acceptors (Lipinski definition) is 3. The molecule has 3 rings (SSSR count). The van der Waals surface area contributed by atoms with E-state index in [0.717, 1.165) is 0 Å². The third kappa shape index (κ3) is 2.24. The van der Waals surface area contributed by atoms with Crippen molar-refractivity contribution in [1.29, 1.82) is 0 Å². The first-order chi connectivity index (χ1) is 10.1. The Hall–Kier alpha value is -2.43. The Morgan fingerprint density at radius 1 is 1.14 bits per heavy atom. The maximum atomic E-state index is 12.1. The van der Waals surface area contributed by atoms with Crippen LogP contribution in [0.4, 0.5) is 0 Å². The molecule has 1 N–H and O–H groups in total. The number of aliphatic carboxylic acids is 1. The Kier molecular flexibility index (Phi) is 3.12. The quantitative estimate of drug-likeness (QED) is 0.664. The molecule has 108 valence electrons. The fraction of sp³-hybridized carbons (Fsp3) is 0.312. The molecule has 0 saturated heterocycles. The number of hydrogen-bond donors (Lipinski definition) is 1. The van der Waals surface area contributed by atoms with Gasteiger partial charge in [-0.05, 0) is 31.4 Å². The maximum Gasteiger partial charge on any atom is 0.309 e. The van der Waals surface area contributed by atoms with Crippen LogP contribution in [0.3, 0.4) is 0 Å². The summed E-state index contributed by atoms with van der Waals surface area (Å²) in [6, 6.07) is 6.74. The predicted octanol–water partition coefficient (Wildman–Crippen LogP) is 2.09. The molecule has 0 spiro atoms. The van der Waals surface area contributed by atoms with E-state index in [4.69, 9.17) is 5.11 Å². The van der Waals surface area contributed by atoms with Crippen LogP contribution in [0.5, 0.6) is 0 Å². The van der Waals surface area contributed by atoms with Crippen molar-refractivity contribution in [3.05, 3.63) is 47.5 Å². The number of carboxylic acids is 1. The van der Waals surface area contributed by atoms with E-state index in [1.807, 2.05) is 0 Å². The Morgan fingerprint density at radius 2 is 1.71 bits per heavy atom. The van der Waals surface area contributed by atoms with Crippen LogP contribution in [0.25, 0.3) is 0 Å². The molecule has 1 aliphatic heterocycles. The average molecular weight is 285 g/mol. The standard InChI is InChI=1S/C16H15NO4/c18-13-11-5-1-2-6-12(11)14(19)17(13)10-4-3-7-16(8-9-16)15(20)21/h1-6H,7-10H2,(H,20,21). The first kappa shape index (κ1) is 13.5. The van der Waals surface area contributed by atoms with E-state index >= 15 is 0 Å². The zero-order valence-corrected chi connectivity index (χ0v) is 11.4. The van der Waals surface area contributed by atoms with Crippen LogP contribution in [0.1, 0.15) is 40.0 Å². The molecule has 0 bridgehead atoms. The summed E-state index contributed by atoms with van der Waals surface area (Å²) < 4.78 is 0. The normalized spacial score (nSPS) is 19.1. The van der Waals surface area contributed by atoms with E-state index in [9.17, 15) is 14.4 Å². The summed E-state index contributed by atoms with van der Waals surface area (Å²) in [4.78, 5) is 36.4. The maximum absolute atomic E-state index is 12.1. The Bertz CT molecular complexity index is 623. The fourth-order valence-electron chi connectivity index (χ4n) is 2.55. The molecule has 1 aromatic carbocycles. The van der Waals surface area contributed by atoms with Crippen LogP contribution in [-0.4, -0.2) is 34.3 Å². The molecule has 2 amide bonds. The van der Waals surface area contributed by atoms with E-state index in [1.165, 1.54) is 4.90 Å². The number of fused-ring (bicyclic) bond motifs is 1. The molecule has 0 atom stereocenters. The van der Waals surface area contributed by atoms with Gasteiger partial charge < -0.3 is 5.11 Å². The van der Waals surface area contributed by atoms with Gasteiger partial charge in [0, 0.05) is 6.54 Å². The van der Waals surface area contributed by atoms with Gasteiger partial charge in [0.05, 0.1) is 16.5 Å². The summed E-state index contributed by atoms with van der Waals surface area (Å²) in [6.07, 6.45) is 5.29. The van der Waals surface area contributed by atoms with Crippen molar-refractivity contribution < 1.29 is 19.5 Å². The zero-order chi connectivity index (χ0) is 15.0. The second-order valence-electron chi connectivity index (χ2n) is 5.53. The molecule has 2 aliphatic rings. The van der Waals surface area contributed by atoms with Gasteiger partial charge in [-0.15, -0.1) is 0 Å². The number of rotatable bonds is 5. The summed E-state index contributed by atoms with van der Waals surface area (Å²) in [5, 5.41) is 9.06. The van der Waals surface area contributed by atoms with E-state index in [-0.39, 0.29) is 18.4 Å². The van der Waals surface area contributed by atoms with Crippen LogP contribution in [-0.2, 0) is 4.79 Å². The lowest BCUT2D eigenvalue weighted by Gasteiger charge is -2.11. The molecule has 1 aromatic rings. The average Bonchev–Trinajstić information content (AvgIpc) is 3.23. The van der Waals surface area contributed by atoms with Gasteiger partial charge in [-0.3, -0.25) is 19.3 Å².